The third-order valence-electron chi connectivity index (χ3n) is 4.02. The van der Waals surface area contributed by atoms with Gasteiger partial charge in [-0.05, 0) is 58.7 Å². The molecule has 1 fully saturated rings. The molecule has 0 bridgehead atoms. The second-order valence-corrected chi connectivity index (χ2v) is 6.21. The fourth-order valence-corrected chi connectivity index (χ4v) is 2.53. The van der Waals surface area contributed by atoms with Crippen LogP contribution in [0.2, 0.25) is 0 Å². The van der Waals surface area contributed by atoms with Gasteiger partial charge in [0.1, 0.15) is 12.4 Å². The standard InChI is InChI=1S/C17H26N2O2/c1-13-6-8-15(9-7-13)21-12-14(2)19-16(20)17(3)10-4-5-11-18-17/h6-9,14,18H,4-5,10-12H2,1-3H3,(H,19,20). The lowest BCUT2D eigenvalue weighted by Gasteiger charge is -2.34. The molecule has 2 N–H and O–H groups in total. The predicted molar refractivity (Wildman–Crippen MR) is 84.5 cm³/mol. The molecule has 0 aliphatic carbocycles. The highest BCUT2D eigenvalue weighted by Gasteiger charge is 2.34. The second-order valence-electron chi connectivity index (χ2n) is 6.21. The summed E-state index contributed by atoms with van der Waals surface area (Å²) in [6.07, 6.45) is 3.14. The number of nitrogens with one attached hydrogen (secondary N) is 2. The first-order valence-electron chi connectivity index (χ1n) is 7.75. The normalized spacial score (nSPS) is 23.4. The van der Waals surface area contributed by atoms with Gasteiger partial charge in [-0.2, -0.15) is 0 Å². The first-order chi connectivity index (χ1) is 9.99. The minimum atomic E-state index is -0.434. The van der Waals surface area contributed by atoms with E-state index in [1.54, 1.807) is 0 Å². The van der Waals surface area contributed by atoms with Crippen LogP contribution in [0.1, 0.15) is 38.7 Å². The zero-order valence-electron chi connectivity index (χ0n) is 13.2. The molecule has 116 valence electrons. The Morgan fingerprint density at radius 3 is 2.71 bits per heavy atom. The molecule has 0 aromatic heterocycles. The Balaban J connectivity index is 1.79. The average Bonchev–Trinajstić information content (AvgIpc) is 2.47. The number of carbonyl (C=O) groups excluding carboxylic acids is 1. The Hall–Kier alpha value is -1.55. The van der Waals surface area contributed by atoms with Crippen molar-refractivity contribution in [3.63, 3.8) is 0 Å². The minimum Gasteiger partial charge on any atom is -0.491 e. The van der Waals surface area contributed by atoms with Gasteiger partial charge in [0, 0.05) is 0 Å². The predicted octanol–water partition coefficient (Wildman–Crippen LogP) is 2.41. The van der Waals surface area contributed by atoms with E-state index in [1.807, 2.05) is 45.0 Å². The number of benzene rings is 1. The topological polar surface area (TPSA) is 50.4 Å². The van der Waals surface area contributed by atoms with Crippen molar-refractivity contribution >= 4 is 5.91 Å². The summed E-state index contributed by atoms with van der Waals surface area (Å²) in [7, 11) is 0. The van der Waals surface area contributed by atoms with E-state index in [0.717, 1.165) is 31.6 Å². The lowest BCUT2D eigenvalue weighted by atomic mass is 9.90. The second kappa shape index (κ2) is 6.94. The first kappa shape index (κ1) is 15.8. The molecule has 1 aromatic carbocycles. The monoisotopic (exact) mass is 290 g/mol. The van der Waals surface area contributed by atoms with E-state index < -0.39 is 5.54 Å². The summed E-state index contributed by atoms with van der Waals surface area (Å²) in [6, 6.07) is 7.93. The molecule has 0 spiro atoms. The molecular formula is C17H26N2O2. The molecule has 1 aromatic rings. The van der Waals surface area contributed by atoms with Crippen molar-refractivity contribution in [1.82, 2.24) is 10.6 Å². The van der Waals surface area contributed by atoms with Crippen LogP contribution in [0.4, 0.5) is 0 Å². The van der Waals surface area contributed by atoms with Gasteiger partial charge in [-0.1, -0.05) is 17.7 Å². The highest BCUT2D eigenvalue weighted by atomic mass is 16.5. The van der Waals surface area contributed by atoms with Crippen LogP contribution in [0.25, 0.3) is 0 Å². The van der Waals surface area contributed by atoms with Gasteiger partial charge in [-0.3, -0.25) is 4.79 Å². The first-order valence-corrected chi connectivity index (χ1v) is 7.75. The molecule has 4 heteroatoms. The molecule has 0 radical (unpaired) electrons. The van der Waals surface area contributed by atoms with E-state index in [9.17, 15) is 4.79 Å². The fourth-order valence-electron chi connectivity index (χ4n) is 2.53. The van der Waals surface area contributed by atoms with Gasteiger partial charge in [-0.15, -0.1) is 0 Å². The maximum Gasteiger partial charge on any atom is 0.240 e. The summed E-state index contributed by atoms with van der Waals surface area (Å²) in [5.41, 5.74) is 0.774. The van der Waals surface area contributed by atoms with Crippen molar-refractivity contribution in [1.29, 1.82) is 0 Å². The number of rotatable bonds is 5. The van der Waals surface area contributed by atoms with Gasteiger partial charge in [0.05, 0.1) is 11.6 Å². The SMILES string of the molecule is Cc1ccc(OCC(C)NC(=O)C2(C)CCCCN2)cc1. The van der Waals surface area contributed by atoms with E-state index in [-0.39, 0.29) is 11.9 Å². The van der Waals surface area contributed by atoms with Crippen LogP contribution in [0.15, 0.2) is 24.3 Å². The van der Waals surface area contributed by atoms with E-state index in [0.29, 0.717) is 6.61 Å². The van der Waals surface area contributed by atoms with Gasteiger partial charge in [0.25, 0.3) is 0 Å². The lowest BCUT2D eigenvalue weighted by Crippen LogP contribution is -2.58. The van der Waals surface area contributed by atoms with Crippen LogP contribution in [0, 0.1) is 6.92 Å². The fraction of sp³-hybridized carbons (Fsp3) is 0.588. The Morgan fingerprint density at radius 2 is 2.10 bits per heavy atom. The molecule has 1 saturated heterocycles. The van der Waals surface area contributed by atoms with Crippen LogP contribution in [0.5, 0.6) is 5.75 Å². The highest BCUT2D eigenvalue weighted by molar-refractivity contribution is 5.86. The van der Waals surface area contributed by atoms with Gasteiger partial charge in [0.15, 0.2) is 0 Å². The lowest BCUT2D eigenvalue weighted by molar-refractivity contribution is -0.128. The van der Waals surface area contributed by atoms with Crippen LogP contribution in [-0.2, 0) is 4.79 Å². The van der Waals surface area contributed by atoms with Crippen molar-refractivity contribution in [3.05, 3.63) is 29.8 Å². The maximum atomic E-state index is 12.4. The number of ether oxygens (including phenoxy) is 1. The molecule has 2 rings (SSSR count). The van der Waals surface area contributed by atoms with Crippen molar-refractivity contribution in [2.24, 2.45) is 0 Å². The largest absolute Gasteiger partial charge is 0.491 e. The van der Waals surface area contributed by atoms with Crippen LogP contribution in [0.3, 0.4) is 0 Å². The van der Waals surface area contributed by atoms with Crippen molar-refractivity contribution in [3.8, 4) is 5.75 Å². The van der Waals surface area contributed by atoms with Crippen molar-refractivity contribution < 1.29 is 9.53 Å². The van der Waals surface area contributed by atoms with E-state index in [2.05, 4.69) is 10.6 Å². The summed E-state index contributed by atoms with van der Waals surface area (Å²) >= 11 is 0. The van der Waals surface area contributed by atoms with Crippen molar-refractivity contribution in [2.45, 2.75) is 51.6 Å². The molecule has 1 heterocycles. The Bertz CT molecular complexity index is 464. The van der Waals surface area contributed by atoms with Crippen molar-refractivity contribution in [2.75, 3.05) is 13.2 Å². The van der Waals surface area contributed by atoms with E-state index >= 15 is 0 Å². The maximum absolute atomic E-state index is 12.4. The quantitative estimate of drug-likeness (QED) is 0.875. The molecule has 2 atom stereocenters. The van der Waals surface area contributed by atoms with Gasteiger partial charge in [-0.25, -0.2) is 0 Å². The molecular weight excluding hydrogens is 264 g/mol. The molecule has 1 aliphatic heterocycles. The van der Waals surface area contributed by atoms with Gasteiger partial charge >= 0.3 is 0 Å². The zero-order chi connectivity index (χ0) is 15.3. The van der Waals surface area contributed by atoms with Crippen LogP contribution < -0.4 is 15.4 Å². The number of hydrogen-bond acceptors (Lipinski definition) is 3. The molecule has 1 aliphatic rings. The smallest absolute Gasteiger partial charge is 0.240 e. The zero-order valence-corrected chi connectivity index (χ0v) is 13.2. The van der Waals surface area contributed by atoms with Gasteiger partial charge < -0.3 is 15.4 Å². The third-order valence-corrected chi connectivity index (χ3v) is 4.02. The summed E-state index contributed by atoms with van der Waals surface area (Å²) in [5, 5.41) is 6.37. The number of piperidine rings is 1. The molecule has 1 amide bonds. The average molecular weight is 290 g/mol. The summed E-state index contributed by atoms with van der Waals surface area (Å²) in [5.74, 6) is 0.908. The highest BCUT2D eigenvalue weighted by Crippen LogP contribution is 2.19. The van der Waals surface area contributed by atoms with Crippen LogP contribution in [-0.4, -0.2) is 30.6 Å². The summed E-state index contributed by atoms with van der Waals surface area (Å²) in [6.45, 7) is 7.39. The molecule has 21 heavy (non-hydrogen) atoms. The minimum absolute atomic E-state index is 0.0145. The van der Waals surface area contributed by atoms with E-state index in [4.69, 9.17) is 4.74 Å². The molecule has 4 nitrogen and oxygen atoms in total. The van der Waals surface area contributed by atoms with Crippen LogP contribution >= 0.6 is 0 Å². The van der Waals surface area contributed by atoms with E-state index in [1.165, 1.54) is 5.56 Å². The third kappa shape index (κ3) is 4.46. The molecule has 2 unspecified atom stereocenters. The summed E-state index contributed by atoms with van der Waals surface area (Å²) < 4.78 is 5.71. The Morgan fingerprint density at radius 1 is 1.38 bits per heavy atom. The Labute approximate surface area is 127 Å². The number of carbonyl (C=O) groups is 1. The summed E-state index contributed by atoms with van der Waals surface area (Å²) in [4.78, 5) is 12.4. The Kier molecular flexibility index (Phi) is 5.23. The molecule has 0 saturated carbocycles. The number of amides is 1. The number of hydrogen-bond donors (Lipinski definition) is 2. The number of aryl methyl sites for hydroxylation is 1. The van der Waals surface area contributed by atoms with Gasteiger partial charge in [0.2, 0.25) is 5.91 Å².